The van der Waals surface area contributed by atoms with Crippen molar-refractivity contribution in [3.05, 3.63) is 59.9 Å². The van der Waals surface area contributed by atoms with E-state index < -0.39 is 29.9 Å². The zero-order valence-corrected chi connectivity index (χ0v) is 13.6. The Balaban J connectivity index is 2.09. The van der Waals surface area contributed by atoms with Crippen molar-refractivity contribution in [1.29, 1.82) is 0 Å². The van der Waals surface area contributed by atoms with E-state index in [0.29, 0.717) is 10.8 Å². The van der Waals surface area contributed by atoms with Gasteiger partial charge in [-0.25, -0.2) is 0 Å². The third-order valence-corrected chi connectivity index (χ3v) is 3.95. The largest absolute Gasteiger partial charge is 0.497 e. The van der Waals surface area contributed by atoms with Crippen molar-refractivity contribution >= 4 is 11.6 Å². The van der Waals surface area contributed by atoms with Gasteiger partial charge in [-0.05, 0) is 24.3 Å². The monoisotopic (exact) mass is 365 g/mol. The number of carbonyl (C=O) groups is 1. The summed E-state index contributed by atoms with van der Waals surface area (Å²) in [4.78, 5) is 16.5. The fourth-order valence-electron chi connectivity index (χ4n) is 2.63. The highest BCUT2D eigenvalue weighted by atomic mass is 19.4. The molecule has 1 aromatic heterocycles. The van der Waals surface area contributed by atoms with E-state index in [0.717, 1.165) is 0 Å². The second-order valence-electron chi connectivity index (χ2n) is 5.63. The van der Waals surface area contributed by atoms with Gasteiger partial charge in [-0.3, -0.25) is 9.78 Å². The summed E-state index contributed by atoms with van der Waals surface area (Å²) in [6.07, 6.45) is -3.07. The van der Waals surface area contributed by atoms with E-state index in [1.54, 1.807) is 6.07 Å². The van der Waals surface area contributed by atoms with Crippen LogP contribution < -0.4 is 4.74 Å². The lowest BCUT2D eigenvalue weighted by Gasteiger charge is -2.31. The van der Waals surface area contributed by atoms with Crippen LogP contribution in [0, 0.1) is 0 Å². The number of ether oxygens (including phenoxy) is 1. The summed E-state index contributed by atoms with van der Waals surface area (Å²) in [6, 6.07) is 8.68. The summed E-state index contributed by atoms with van der Waals surface area (Å²) >= 11 is 0. The normalized spacial score (nSPS) is 20.0. The number of amides is 1. The zero-order chi connectivity index (χ0) is 18.9. The lowest BCUT2D eigenvalue weighted by atomic mass is 9.96. The maximum absolute atomic E-state index is 13.2. The van der Waals surface area contributed by atoms with Crippen molar-refractivity contribution in [2.24, 2.45) is 5.10 Å². The molecular formula is C17H14F3N3O3. The van der Waals surface area contributed by atoms with Gasteiger partial charge in [-0.2, -0.15) is 23.3 Å². The van der Waals surface area contributed by atoms with Gasteiger partial charge in [0, 0.05) is 18.0 Å². The Hall–Kier alpha value is -2.94. The summed E-state index contributed by atoms with van der Waals surface area (Å²) in [5.74, 6) is -0.576. The van der Waals surface area contributed by atoms with Gasteiger partial charge in [0.05, 0.1) is 19.1 Å². The molecule has 1 amide bonds. The molecule has 1 aliphatic rings. The van der Waals surface area contributed by atoms with Crippen molar-refractivity contribution in [1.82, 2.24) is 9.99 Å². The number of aliphatic hydroxyl groups is 1. The summed E-state index contributed by atoms with van der Waals surface area (Å²) in [5, 5.41) is 14.8. The fraction of sp³-hybridized carbons (Fsp3) is 0.235. The molecule has 0 saturated carbocycles. The van der Waals surface area contributed by atoms with Crippen LogP contribution in [0.25, 0.3) is 0 Å². The van der Waals surface area contributed by atoms with Gasteiger partial charge < -0.3 is 9.84 Å². The highest BCUT2D eigenvalue weighted by molar-refractivity contribution is 5.99. The molecule has 0 spiro atoms. The smallest absolute Gasteiger partial charge is 0.431 e. The number of nitrogens with zero attached hydrogens (tertiary/aromatic N) is 3. The molecule has 1 N–H and O–H groups in total. The summed E-state index contributed by atoms with van der Waals surface area (Å²) in [5.41, 5.74) is -3.50. The van der Waals surface area contributed by atoms with E-state index >= 15 is 0 Å². The second-order valence-corrected chi connectivity index (χ2v) is 5.63. The summed E-state index contributed by atoms with van der Waals surface area (Å²) in [6.45, 7) is 0. The highest BCUT2D eigenvalue weighted by Gasteiger charge is 2.53. The summed E-state index contributed by atoms with van der Waals surface area (Å²) in [7, 11) is 1.38. The molecule has 2 aromatic rings. The molecule has 0 aliphatic carbocycles. The number of alkyl halides is 3. The molecule has 0 fully saturated rings. The van der Waals surface area contributed by atoms with Crippen LogP contribution in [0.2, 0.25) is 0 Å². The van der Waals surface area contributed by atoms with Crippen LogP contribution in [-0.2, 0) is 5.72 Å². The molecule has 1 aromatic carbocycles. The SMILES string of the molecule is COc1cccc(C2(O)CC(C(F)(F)F)=NN2C(=O)c2cccnc2)c1. The molecule has 136 valence electrons. The number of hydrogen-bond donors (Lipinski definition) is 1. The minimum Gasteiger partial charge on any atom is -0.497 e. The maximum atomic E-state index is 13.2. The van der Waals surface area contributed by atoms with Gasteiger partial charge >= 0.3 is 6.18 Å². The van der Waals surface area contributed by atoms with Crippen LogP contribution in [0.1, 0.15) is 22.3 Å². The number of pyridine rings is 1. The van der Waals surface area contributed by atoms with Crippen LogP contribution in [0.4, 0.5) is 13.2 Å². The fourth-order valence-corrected chi connectivity index (χ4v) is 2.63. The quantitative estimate of drug-likeness (QED) is 0.908. The highest BCUT2D eigenvalue weighted by Crippen LogP contribution is 2.41. The predicted octanol–water partition coefficient (Wildman–Crippen LogP) is 2.70. The Morgan fingerprint density at radius 3 is 2.69 bits per heavy atom. The van der Waals surface area contributed by atoms with Crippen molar-refractivity contribution < 1.29 is 27.8 Å². The molecule has 1 aliphatic heterocycles. The molecule has 0 radical (unpaired) electrons. The lowest BCUT2D eigenvalue weighted by molar-refractivity contribution is -0.0816. The van der Waals surface area contributed by atoms with Crippen LogP contribution in [0.3, 0.4) is 0 Å². The molecule has 1 atom stereocenters. The van der Waals surface area contributed by atoms with Crippen LogP contribution in [0.15, 0.2) is 53.9 Å². The lowest BCUT2D eigenvalue weighted by Crippen LogP contribution is -2.43. The maximum Gasteiger partial charge on any atom is 0.431 e. The number of aromatic nitrogens is 1. The molecule has 26 heavy (non-hydrogen) atoms. The topological polar surface area (TPSA) is 75.0 Å². The molecule has 0 bridgehead atoms. The molecule has 1 unspecified atom stereocenters. The van der Waals surface area contributed by atoms with Gasteiger partial charge in [0.15, 0.2) is 5.72 Å². The van der Waals surface area contributed by atoms with E-state index in [4.69, 9.17) is 4.74 Å². The Morgan fingerprint density at radius 1 is 1.31 bits per heavy atom. The number of methoxy groups -OCH3 is 1. The van der Waals surface area contributed by atoms with Gasteiger partial charge in [0.1, 0.15) is 11.5 Å². The summed E-state index contributed by atoms with van der Waals surface area (Å²) < 4.78 is 44.6. The second kappa shape index (κ2) is 6.41. The van der Waals surface area contributed by atoms with Crippen LogP contribution >= 0.6 is 0 Å². The Labute approximate surface area is 146 Å². The molecule has 6 nitrogen and oxygen atoms in total. The first-order valence-corrected chi connectivity index (χ1v) is 7.52. The van der Waals surface area contributed by atoms with Gasteiger partial charge in [0.2, 0.25) is 0 Å². The van der Waals surface area contributed by atoms with Crippen molar-refractivity contribution in [2.45, 2.75) is 18.3 Å². The van der Waals surface area contributed by atoms with E-state index in [2.05, 4.69) is 10.1 Å². The van der Waals surface area contributed by atoms with E-state index in [9.17, 15) is 23.1 Å². The predicted molar refractivity (Wildman–Crippen MR) is 85.4 cm³/mol. The third-order valence-electron chi connectivity index (χ3n) is 3.95. The zero-order valence-electron chi connectivity index (χ0n) is 13.6. The van der Waals surface area contributed by atoms with E-state index in [1.807, 2.05) is 0 Å². The van der Waals surface area contributed by atoms with E-state index in [1.165, 1.54) is 49.8 Å². The number of hydrazone groups is 1. The van der Waals surface area contributed by atoms with Gasteiger partial charge in [-0.1, -0.05) is 12.1 Å². The molecular weight excluding hydrogens is 351 g/mol. The first kappa shape index (κ1) is 17.9. The minimum atomic E-state index is -4.78. The molecule has 0 saturated heterocycles. The number of hydrogen-bond acceptors (Lipinski definition) is 5. The third kappa shape index (κ3) is 3.13. The van der Waals surface area contributed by atoms with Crippen LogP contribution in [-0.4, -0.2) is 40.0 Å². The number of benzene rings is 1. The number of rotatable bonds is 3. The van der Waals surface area contributed by atoms with Crippen molar-refractivity contribution in [2.75, 3.05) is 7.11 Å². The van der Waals surface area contributed by atoms with Crippen molar-refractivity contribution in [3.8, 4) is 5.75 Å². The first-order chi connectivity index (χ1) is 12.3. The standard InChI is InChI=1S/C17H14F3N3O3/c1-26-13-6-2-5-12(8-13)16(25)9-14(17(18,19)20)22-23(16)15(24)11-4-3-7-21-10-11/h2-8,10,25H,9H2,1H3. The first-order valence-electron chi connectivity index (χ1n) is 7.52. The van der Waals surface area contributed by atoms with Gasteiger partial charge in [-0.15, -0.1) is 0 Å². The Bertz CT molecular complexity index is 855. The van der Waals surface area contributed by atoms with Crippen molar-refractivity contribution in [3.63, 3.8) is 0 Å². The van der Waals surface area contributed by atoms with Crippen LogP contribution in [0.5, 0.6) is 5.75 Å². The Kier molecular flexibility index (Phi) is 4.41. The average molecular weight is 365 g/mol. The average Bonchev–Trinajstić information content (AvgIpc) is 3.01. The Morgan fingerprint density at radius 2 is 2.08 bits per heavy atom. The van der Waals surface area contributed by atoms with E-state index in [-0.39, 0.29) is 11.1 Å². The minimum absolute atomic E-state index is 0.000922. The molecule has 9 heteroatoms. The number of carbonyl (C=O) groups excluding carboxylic acids is 1. The molecule has 3 rings (SSSR count). The molecule has 2 heterocycles. The number of halogens is 3. The van der Waals surface area contributed by atoms with Gasteiger partial charge in [0.25, 0.3) is 5.91 Å².